The second-order valence-electron chi connectivity index (χ2n) is 5.37. The lowest BCUT2D eigenvalue weighted by Gasteiger charge is -2.20. The van der Waals surface area contributed by atoms with Crippen molar-refractivity contribution in [3.05, 3.63) is 35.9 Å². The number of benzene rings is 1. The molecule has 1 unspecified atom stereocenters. The molecule has 0 aromatic heterocycles. The Kier molecular flexibility index (Phi) is 9.56. The molecule has 24 heavy (non-hydrogen) atoms. The molecule has 0 spiro atoms. The number of hydrogen-bond acceptors (Lipinski definition) is 5. The van der Waals surface area contributed by atoms with E-state index in [2.05, 4.69) is 5.32 Å². The van der Waals surface area contributed by atoms with Crippen molar-refractivity contribution < 1.29 is 19.5 Å². The third-order valence-corrected chi connectivity index (χ3v) is 5.03. The molecule has 2 atom stereocenters. The number of thioether (sulfide) groups is 2. The summed E-state index contributed by atoms with van der Waals surface area (Å²) in [7, 11) is 0. The SMILES string of the molecule is CSCC[C@H](NC(=O)C(CSC(C)=O)Cc1ccccc1)C(=O)O. The van der Waals surface area contributed by atoms with Gasteiger partial charge in [-0.15, -0.1) is 0 Å². The second kappa shape index (κ2) is 11.1. The Hall–Kier alpha value is -1.47. The van der Waals surface area contributed by atoms with Crippen LogP contribution in [0, 0.1) is 5.92 Å². The smallest absolute Gasteiger partial charge is 0.326 e. The molecule has 1 amide bonds. The van der Waals surface area contributed by atoms with Gasteiger partial charge >= 0.3 is 5.97 Å². The molecule has 0 heterocycles. The number of nitrogens with one attached hydrogen (secondary N) is 1. The van der Waals surface area contributed by atoms with Gasteiger partial charge in [0.15, 0.2) is 5.12 Å². The van der Waals surface area contributed by atoms with Crippen LogP contribution in [-0.4, -0.2) is 45.9 Å². The number of hydrogen-bond donors (Lipinski definition) is 2. The lowest BCUT2D eigenvalue weighted by atomic mass is 9.99. The number of carbonyl (C=O) groups excluding carboxylic acids is 2. The first-order valence-electron chi connectivity index (χ1n) is 7.63. The van der Waals surface area contributed by atoms with Gasteiger partial charge in [0.25, 0.3) is 0 Å². The number of carboxylic acid groups (broad SMARTS) is 1. The van der Waals surface area contributed by atoms with E-state index in [1.807, 2.05) is 36.6 Å². The van der Waals surface area contributed by atoms with Crippen LogP contribution in [0.2, 0.25) is 0 Å². The van der Waals surface area contributed by atoms with Crippen LogP contribution in [0.1, 0.15) is 18.9 Å². The van der Waals surface area contributed by atoms with Crippen LogP contribution in [0.25, 0.3) is 0 Å². The topological polar surface area (TPSA) is 83.5 Å². The van der Waals surface area contributed by atoms with Gasteiger partial charge in [0.05, 0.1) is 5.92 Å². The molecule has 1 rings (SSSR count). The van der Waals surface area contributed by atoms with Gasteiger partial charge in [0.1, 0.15) is 6.04 Å². The average Bonchev–Trinajstić information content (AvgIpc) is 2.55. The summed E-state index contributed by atoms with van der Waals surface area (Å²) < 4.78 is 0. The Morgan fingerprint density at radius 2 is 1.88 bits per heavy atom. The van der Waals surface area contributed by atoms with Crippen molar-refractivity contribution in [1.82, 2.24) is 5.32 Å². The van der Waals surface area contributed by atoms with Crippen molar-refractivity contribution in [2.24, 2.45) is 5.92 Å². The van der Waals surface area contributed by atoms with Crippen LogP contribution in [0.3, 0.4) is 0 Å². The summed E-state index contributed by atoms with van der Waals surface area (Å²) in [6.45, 7) is 1.46. The third-order valence-electron chi connectivity index (χ3n) is 3.41. The minimum absolute atomic E-state index is 0.0574. The first kappa shape index (κ1) is 20.6. The van der Waals surface area contributed by atoms with Gasteiger partial charge in [-0.05, 0) is 30.4 Å². The Morgan fingerprint density at radius 1 is 1.21 bits per heavy atom. The van der Waals surface area contributed by atoms with E-state index in [4.69, 9.17) is 0 Å². The highest BCUT2D eigenvalue weighted by Gasteiger charge is 2.25. The minimum Gasteiger partial charge on any atom is -0.480 e. The van der Waals surface area contributed by atoms with Crippen LogP contribution >= 0.6 is 23.5 Å². The van der Waals surface area contributed by atoms with E-state index in [1.165, 1.54) is 18.7 Å². The summed E-state index contributed by atoms with van der Waals surface area (Å²) in [5.41, 5.74) is 0.984. The van der Waals surface area contributed by atoms with E-state index < -0.39 is 17.9 Å². The van der Waals surface area contributed by atoms with Gasteiger partial charge in [-0.3, -0.25) is 9.59 Å². The molecule has 2 N–H and O–H groups in total. The zero-order chi connectivity index (χ0) is 17.9. The monoisotopic (exact) mass is 369 g/mol. The Morgan fingerprint density at radius 3 is 2.42 bits per heavy atom. The third kappa shape index (κ3) is 7.88. The van der Waals surface area contributed by atoms with E-state index >= 15 is 0 Å². The normalized spacial score (nSPS) is 13.1. The molecular weight excluding hydrogens is 346 g/mol. The van der Waals surface area contributed by atoms with E-state index in [0.29, 0.717) is 24.3 Å². The van der Waals surface area contributed by atoms with Crippen molar-refractivity contribution in [3.63, 3.8) is 0 Å². The standard InChI is InChI=1S/C17H23NO4S2/c1-12(19)24-11-14(10-13-6-4-3-5-7-13)16(20)18-15(17(21)22)8-9-23-2/h3-7,14-15H,8-11H2,1-2H3,(H,18,20)(H,21,22)/t14?,15-/m0/s1. The van der Waals surface area contributed by atoms with E-state index in [0.717, 1.165) is 17.3 Å². The molecule has 0 aliphatic carbocycles. The summed E-state index contributed by atoms with van der Waals surface area (Å²) in [6, 6.07) is 8.61. The molecule has 5 nitrogen and oxygen atoms in total. The van der Waals surface area contributed by atoms with Gasteiger partial charge in [0.2, 0.25) is 5.91 Å². The second-order valence-corrected chi connectivity index (χ2v) is 7.55. The van der Waals surface area contributed by atoms with Gasteiger partial charge in [0, 0.05) is 12.7 Å². The van der Waals surface area contributed by atoms with Crippen LogP contribution < -0.4 is 5.32 Å². The molecule has 1 aromatic carbocycles. The highest BCUT2D eigenvalue weighted by Crippen LogP contribution is 2.16. The number of aliphatic carboxylic acids is 1. The van der Waals surface area contributed by atoms with Crippen LogP contribution in [0.5, 0.6) is 0 Å². The Labute approximate surface area is 151 Å². The maximum absolute atomic E-state index is 12.5. The van der Waals surface area contributed by atoms with E-state index in [1.54, 1.807) is 0 Å². The number of carboxylic acids is 1. The summed E-state index contributed by atoms with van der Waals surface area (Å²) in [4.78, 5) is 35.1. The lowest BCUT2D eigenvalue weighted by Crippen LogP contribution is -2.45. The highest BCUT2D eigenvalue weighted by atomic mass is 32.2. The summed E-state index contributed by atoms with van der Waals surface area (Å²) in [6.07, 6.45) is 2.74. The number of carbonyl (C=O) groups is 3. The molecule has 0 aliphatic rings. The van der Waals surface area contributed by atoms with Crippen molar-refractivity contribution in [2.75, 3.05) is 17.8 Å². The van der Waals surface area contributed by atoms with Crippen LogP contribution in [-0.2, 0) is 20.8 Å². The van der Waals surface area contributed by atoms with Gasteiger partial charge in [-0.1, -0.05) is 42.1 Å². The van der Waals surface area contributed by atoms with Crippen molar-refractivity contribution >= 4 is 40.5 Å². The van der Waals surface area contributed by atoms with Crippen molar-refractivity contribution in [3.8, 4) is 0 Å². The van der Waals surface area contributed by atoms with E-state index in [9.17, 15) is 19.5 Å². The average molecular weight is 370 g/mol. The summed E-state index contributed by atoms with van der Waals surface area (Å²) in [5.74, 6) is -0.804. The maximum atomic E-state index is 12.5. The van der Waals surface area contributed by atoms with Crippen molar-refractivity contribution in [1.29, 1.82) is 0 Å². The van der Waals surface area contributed by atoms with Gasteiger partial charge in [-0.2, -0.15) is 11.8 Å². The molecule has 0 bridgehead atoms. The van der Waals surface area contributed by atoms with Crippen LogP contribution in [0.4, 0.5) is 0 Å². The predicted molar refractivity (Wildman–Crippen MR) is 99.3 cm³/mol. The maximum Gasteiger partial charge on any atom is 0.326 e. The zero-order valence-electron chi connectivity index (χ0n) is 13.9. The quantitative estimate of drug-likeness (QED) is 0.659. The molecule has 0 saturated heterocycles. The van der Waals surface area contributed by atoms with Gasteiger partial charge < -0.3 is 10.4 Å². The lowest BCUT2D eigenvalue weighted by molar-refractivity contribution is -0.142. The number of rotatable bonds is 10. The van der Waals surface area contributed by atoms with Crippen LogP contribution in [0.15, 0.2) is 30.3 Å². The molecule has 7 heteroatoms. The first-order valence-corrected chi connectivity index (χ1v) is 10.0. The molecule has 0 fully saturated rings. The Bertz CT molecular complexity index is 551. The van der Waals surface area contributed by atoms with E-state index in [-0.39, 0.29) is 11.0 Å². The minimum atomic E-state index is -1.03. The number of amides is 1. The fourth-order valence-corrected chi connectivity index (χ4v) is 3.30. The largest absolute Gasteiger partial charge is 0.480 e. The fourth-order valence-electron chi connectivity index (χ4n) is 2.13. The van der Waals surface area contributed by atoms with Crippen molar-refractivity contribution in [2.45, 2.75) is 25.8 Å². The zero-order valence-corrected chi connectivity index (χ0v) is 15.5. The van der Waals surface area contributed by atoms with Gasteiger partial charge in [-0.25, -0.2) is 4.79 Å². The first-order chi connectivity index (χ1) is 11.4. The summed E-state index contributed by atoms with van der Waals surface area (Å²) >= 11 is 2.63. The molecule has 0 radical (unpaired) electrons. The Balaban J connectivity index is 2.77. The fraction of sp³-hybridized carbons (Fsp3) is 0.471. The highest BCUT2D eigenvalue weighted by molar-refractivity contribution is 8.13. The molecule has 0 saturated carbocycles. The molecule has 0 aliphatic heterocycles. The predicted octanol–water partition coefficient (Wildman–Crippen LogP) is 2.45. The molecule has 1 aromatic rings. The molecule has 132 valence electrons. The summed E-state index contributed by atoms with van der Waals surface area (Å²) in [5, 5.41) is 11.8. The molecular formula is C17H23NO4S2.